The number of aryl methyl sites for hydroxylation is 1. The molecule has 82 valence electrons. The predicted molar refractivity (Wildman–Crippen MR) is 60.5 cm³/mol. The molecule has 1 aromatic carbocycles. The Hall–Kier alpha value is -1.97. The zero-order valence-electron chi connectivity index (χ0n) is 8.94. The number of nitrogens with zero attached hydrogens (tertiary/aromatic N) is 2. The average molecular weight is 217 g/mol. The molecule has 0 radical (unpaired) electrons. The molecule has 4 heteroatoms. The Morgan fingerprint density at radius 2 is 2.00 bits per heavy atom. The molecule has 0 aliphatic carbocycles. The van der Waals surface area contributed by atoms with Gasteiger partial charge in [-0.1, -0.05) is 6.07 Å². The third kappa shape index (κ3) is 2.76. The third-order valence-corrected chi connectivity index (χ3v) is 2.11. The van der Waals surface area contributed by atoms with Crippen molar-refractivity contribution >= 4 is 5.69 Å². The summed E-state index contributed by atoms with van der Waals surface area (Å²) in [7, 11) is 0. The van der Waals surface area contributed by atoms with Gasteiger partial charge in [0.15, 0.2) is 0 Å². The van der Waals surface area contributed by atoms with Crippen molar-refractivity contribution in [3.8, 4) is 0 Å². The van der Waals surface area contributed by atoms with Gasteiger partial charge in [-0.25, -0.2) is 14.4 Å². The Bertz CT molecular complexity index is 468. The second kappa shape index (κ2) is 4.70. The van der Waals surface area contributed by atoms with E-state index in [4.69, 9.17) is 0 Å². The molecule has 0 saturated heterocycles. The van der Waals surface area contributed by atoms with Crippen LogP contribution in [0.5, 0.6) is 0 Å². The first-order valence-electron chi connectivity index (χ1n) is 5.01. The van der Waals surface area contributed by atoms with E-state index in [-0.39, 0.29) is 5.82 Å². The summed E-state index contributed by atoms with van der Waals surface area (Å²) in [6.45, 7) is 2.42. The van der Waals surface area contributed by atoms with E-state index < -0.39 is 0 Å². The molecule has 2 rings (SSSR count). The van der Waals surface area contributed by atoms with E-state index in [1.807, 2.05) is 6.92 Å². The second-order valence-electron chi connectivity index (χ2n) is 3.54. The number of anilines is 1. The maximum Gasteiger partial charge on any atom is 0.147 e. The van der Waals surface area contributed by atoms with Gasteiger partial charge in [0, 0.05) is 18.1 Å². The van der Waals surface area contributed by atoms with Crippen molar-refractivity contribution in [1.29, 1.82) is 0 Å². The lowest BCUT2D eigenvalue weighted by Crippen LogP contribution is -2.04. The van der Waals surface area contributed by atoms with Crippen LogP contribution >= 0.6 is 0 Å². The standard InChI is InChI=1S/C12H12FN3/c1-9-6-15-12(16-7-9)8-14-11-4-2-3-10(13)5-11/h2-7,14H,8H2,1H3. The molecule has 0 amide bonds. The lowest BCUT2D eigenvalue weighted by molar-refractivity contribution is 0.628. The highest BCUT2D eigenvalue weighted by Gasteiger charge is 1.97. The van der Waals surface area contributed by atoms with Crippen LogP contribution in [0.2, 0.25) is 0 Å². The SMILES string of the molecule is Cc1cnc(CNc2cccc(F)c2)nc1. The van der Waals surface area contributed by atoms with Crippen molar-refractivity contribution in [2.75, 3.05) is 5.32 Å². The molecule has 1 aromatic heterocycles. The van der Waals surface area contributed by atoms with Gasteiger partial charge in [-0.15, -0.1) is 0 Å². The summed E-state index contributed by atoms with van der Waals surface area (Å²) in [6.07, 6.45) is 3.52. The molecule has 1 N–H and O–H groups in total. The van der Waals surface area contributed by atoms with Crippen molar-refractivity contribution in [2.24, 2.45) is 0 Å². The smallest absolute Gasteiger partial charge is 0.147 e. The number of benzene rings is 1. The van der Waals surface area contributed by atoms with E-state index in [2.05, 4.69) is 15.3 Å². The monoisotopic (exact) mass is 217 g/mol. The number of hydrogen-bond acceptors (Lipinski definition) is 3. The van der Waals surface area contributed by atoms with Gasteiger partial charge in [0.1, 0.15) is 11.6 Å². The van der Waals surface area contributed by atoms with Crippen LogP contribution in [0, 0.1) is 12.7 Å². The number of halogens is 1. The minimum absolute atomic E-state index is 0.255. The Kier molecular flexibility index (Phi) is 3.10. The fourth-order valence-corrected chi connectivity index (χ4v) is 1.29. The maximum absolute atomic E-state index is 12.9. The molecule has 0 saturated carbocycles. The molecular weight excluding hydrogens is 205 g/mol. The van der Waals surface area contributed by atoms with Crippen LogP contribution < -0.4 is 5.32 Å². The van der Waals surface area contributed by atoms with Crippen molar-refractivity contribution in [2.45, 2.75) is 13.5 Å². The van der Waals surface area contributed by atoms with Crippen LogP contribution in [-0.2, 0) is 6.54 Å². The summed E-state index contributed by atoms with van der Waals surface area (Å²) >= 11 is 0. The highest BCUT2D eigenvalue weighted by Crippen LogP contribution is 2.09. The minimum Gasteiger partial charge on any atom is -0.378 e. The zero-order valence-corrected chi connectivity index (χ0v) is 8.94. The van der Waals surface area contributed by atoms with Gasteiger partial charge in [0.05, 0.1) is 6.54 Å². The van der Waals surface area contributed by atoms with Crippen LogP contribution in [0.25, 0.3) is 0 Å². The molecule has 0 unspecified atom stereocenters. The summed E-state index contributed by atoms with van der Waals surface area (Å²) in [6, 6.07) is 6.31. The number of rotatable bonds is 3. The number of nitrogens with one attached hydrogen (secondary N) is 1. The van der Waals surface area contributed by atoms with Crippen LogP contribution in [0.3, 0.4) is 0 Å². The van der Waals surface area contributed by atoms with Crippen LogP contribution in [0.4, 0.5) is 10.1 Å². The molecule has 0 fully saturated rings. The second-order valence-corrected chi connectivity index (χ2v) is 3.54. The molecule has 3 nitrogen and oxygen atoms in total. The summed E-state index contributed by atoms with van der Waals surface area (Å²) < 4.78 is 12.9. The zero-order chi connectivity index (χ0) is 11.4. The molecule has 2 aromatic rings. The third-order valence-electron chi connectivity index (χ3n) is 2.11. The van der Waals surface area contributed by atoms with Crippen molar-refractivity contribution < 1.29 is 4.39 Å². The molecule has 0 aliphatic heterocycles. The summed E-state index contributed by atoms with van der Waals surface area (Å²) in [4.78, 5) is 8.30. The predicted octanol–water partition coefficient (Wildman–Crippen LogP) is 2.54. The summed E-state index contributed by atoms with van der Waals surface area (Å²) in [5.41, 5.74) is 1.75. The molecule has 0 bridgehead atoms. The first kappa shape index (κ1) is 10.5. The number of hydrogen-bond donors (Lipinski definition) is 1. The maximum atomic E-state index is 12.9. The van der Waals surface area contributed by atoms with Gasteiger partial charge in [0.25, 0.3) is 0 Å². The average Bonchev–Trinajstić information content (AvgIpc) is 2.28. The van der Waals surface area contributed by atoms with Crippen molar-refractivity contribution in [1.82, 2.24) is 9.97 Å². The Balaban J connectivity index is 1.99. The van der Waals surface area contributed by atoms with Gasteiger partial charge >= 0.3 is 0 Å². The van der Waals surface area contributed by atoms with Gasteiger partial charge in [-0.05, 0) is 30.7 Å². The van der Waals surface area contributed by atoms with Gasteiger partial charge in [-0.3, -0.25) is 0 Å². The van der Waals surface area contributed by atoms with Crippen molar-refractivity contribution in [3.05, 3.63) is 53.9 Å². The Morgan fingerprint density at radius 1 is 1.25 bits per heavy atom. The lowest BCUT2D eigenvalue weighted by Gasteiger charge is -2.05. The van der Waals surface area contributed by atoms with Gasteiger partial charge in [0.2, 0.25) is 0 Å². The molecule has 16 heavy (non-hydrogen) atoms. The highest BCUT2D eigenvalue weighted by atomic mass is 19.1. The van der Waals surface area contributed by atoms with Gasteiger partial charge in [-0.2, -0.15) is 0 Å². The largest absolute Gasteiger partial charge is 0.378 e. The topological polar surface area (TPSA) is 37.8 Å². The summed E-state index contributed by atoms with van der Waals surface area (Å²) in [5, 5.41) is 3.06. The quantitative estimate of drug-likeness (QED) is 0.858. The highest BCUT2D eigenvalue weighted by molar-refractivity contribution is 5.42. The first-order valence-corrected chi connectivity index (χ1v) is 5.01. The molecule has 0 atom stereocenters. The van der Waals surface area contributed by atoms with Crippen LogP contribution in [-0.4, -0.2) is 9.97 Å². The van der Waals surface area contributed by atoms with E-state index in [1.54, 1.807) is 24.5 Å². The minimum atomic E-state index is -0.255. The molecule has 0 aliphatic rings. The van der Waals surface area contributed by atoms with Crippen molar-refractivity contribution in [3.63, 3.8) is 0 Å². The number of aromatic nitrogens is 2. The van der Waals surface area contributed by atoms with E-state index in [0.717, 1.165) is 11.3 Å². The van der Waals surface area contributed by atoms with E-state index in [0.29, 0.717) is 12.4 Å². The first-order chi connectivity index (χ1) is 7.74. The fourth-order valence-electron chi connectivity index (χ4n) is 1.29. The van der Waals surface area contributed by atoms with E-state index in [1.165, 1.54) is 12.1 Å². The Morgan fingerprint density at radius 3 is 2.69 bits per heavy atom. The molecule has 0 spiro atoms. The normalized spacial score (nSPS) is 10.1. The lowest BCUT2D eigenvalue weighted by atomic mass is 10.3. The van der Waals surface area contributed by atoms with Crippen LogP contribution in [0.15, 0.2) is 36.7 Å². The molecular formula is C12H12FN3. The van der Waals surface area contributed by atoms with Crippen LogP contribution in [0.1, 0.15) is 11.4 Å². The Labute approximate surface area is 93.4 Å². The van der Waals surface area contributed by atoms with E-state index >= 15 is 0 Å². The van der Waals surface area contributed by atoms with Gasteiger partial charge < -0.3 is 5.32 Å². The molecule has 1 heterocycles. The summed E-state index contributed by atoms with van der Waals surface area (Å²) in [5.74, 6) is 0.435. The fraction of sp³-hybridized carbons (Fsp3) is 0.167. The van der Waals surface area contributed by atoms with E-state index in [9.17, 15) is 4.39 Å².